The van der Waals surface area contributed by atoms with Gasteiger partial charge in [-0.05, 0) is 80.3 Å². The number of aromatic nitrogens is 3. The molecule has 1 aliphatic rings. The molecule has 0 aliphatic carbocycles. The molecule has 2 aromatic heterocycles. The van der Waals surface area contributed by atoms with Crippen molar-refractivity contribution in [2.24, 2.45) is 7.05 Å². The molecule has 222 valence electrons. The van der Waals surface area contributed by atoms with Gasteiger partial charge in [0.2, 0.25) is 0 Å². The quantitative estimate of drug-likeness (QED) is 0.242. The van der Waals surface area contributed by atoms with Crippen LogP contribution in [0.15, 0.2) is 65.7 Å². The summed E-state index contributed by atoms with van der Waals surface area (Å²) in [5.74, 6) is -1.53. The smallest absolute Gasteiger partial charge is 0.296 e. The van der Waals surface area contributed by atoms with Crippen molar-refractivity contribution in [3.8, 4) is 16.9 Å². The van der Waals surface area contributed by atoms with E-state index in [1.807, 2.05) is 26.8 Å². The van der Waals surface area contributed by atoms with Gasteiger partial charge in [0.1, 0.15) is 16.5 Å². The molecule has 0 spiro atoms. The van der Waals surface area contributed by atoms with Gasteiger partial charge in [0, 0.05) is 47.9 Å². The molecule has 1 aliphatic heterocycles. The molecule has 0 radical (unpaired) electrons. The monoisotopic (exact) mass is 604 g/mol. The van der Waals surface area contributed by atoms with E-state index < -0.39 is 21.8 Å². The van der Waals surface area contributed by atoms with Gasteiger partial charge in [-0.25, -0.2) is 8.78 Å². The largest absolute Gasteiger partial charge is 0.330 e. The molecular weight excluding hydrogens is 574 g/mol. The maximum atomic E-state index is 14.0. The molecule has 8 nitrogen and oxygen atoms in total. The number of rotatable bonds is 5. The van der Waals surface area contributed by atoms with Crippen molar-refractivity contribution in [2.45, 2.75) is 44.6 Å². The third-order valence-corrected chi connectivity index (χ3v) is 9.21. The van der Waals surface area contributed by atoms with Crippen LogP contribution in [-0.2, 0) is 30.0 Å². The predicted molar refractivity (Wildman–Crippen MR) is 159 cm³/mol. The first kappa shape index (κ1) is 28.8. The lowest BCUT2D eigenvalue weighted by Gasteiger charge is -2.33. The third-order valence-electron chi connectivity index (χ3n) is 8.33. The Morgan fingerprint density at radius 1 is 1.07 bits per heavy atom. The maximum Gasteiger partial charge on any atom is 0.296 e. The van der Waals surface area contributed by atoms with Crippen LogP contribution in [0.4, 0.5) is 8.78 Å². The lowest BCUT2D eigenvalue weighted by Crippen LogP contribution is -2.38. The van der Waals surface area contributed by atoms with Gasteiger partial charge >= 0.3 is 0 Å². The van der Waals surface area contributed by atoms with Gasteiger partial charge in [-0.3, -0.25) is 14.0 Å². The zero-order chi connectivity index (χ0) is 30.8. The van der Waals surface area contributed by atoms with Crippen molar-refractivity contribution in [2.75, 3.05) is 6.54 Å². The molecule has 3 aromatic carbocycles. The third kappa shape index (κ3) is 4.82. The van der Waals surface area contributed by atoms with E-state index in [0.717, 1.165) is 28.1 Å². The minimum Gasteiger partial charge on any atom is -0.330 e. The SMILES string of the molecule is CCc1c(C)ccc(S(=O)(=O)O)c1-n1ccc2cc(C(=O)N3CCc4c(nn(C)c4-c4cc(F)cc(F)c4)C3C)ccc21. The molecule has 6 rings (SSSR count). The number of aryl methyl sites for hydroxylation is 2. The Bertz CT molecular complexity index is 2030. The van der Waals surface area contributed by atoms with Crippen molar-refractivity contribution in [3.05, 3.63) is 100 Å². The number of benzene rings is 3. The number of halogens is 2. The average molecular weight is 605 g/mol. The van der Waals surface area contributed by atoms with Crippen LogP contribution in [0.3, 0.4) is 0 Å². The Morgan fingerprint density at radius 2 is 1.79 bits per heavy atom. The predicted octanol–water partition coefficient (Wildman–Crippen LogP) is 6.19. The first-order chi connectivity index (χ1) is 20.4. The fourth-order valence-electron chi connectivity index (χ4n) is 6.34. The molecular formula is C32H30F2N4O4S. The summed E-state index contributed by atoms with van der Waals surface area (Å²) in [6, 6.07) is 13.2. The molecule has 1 atom stereocenters. The zero-order valence-electron chi connectivity index (χ0n) is 24.1. The Labute approximate surface area is 247 Å². The van der Waals surface area contributed by atoms with E-state index in [1.165, 1.54) is 18.2 Å². The minimum absolute atomic E-state index is 0.179. The highest BCUT2D eigenvalue weighted by Gasteiger charge is 2.34. The first-order valence-corrected chi connectivity index (χ1v) is 15.4. The highest BCUT2D eigenvalue weighted by atomic mass is 32.2. The molecule has 5 aromatic rings. The van der Waals surface area contributed by atoms with Crippen molar-refractivity contribution in [1.82, 2.24) is 19.2 Å². The molecule has 11 heteroatoms. The van der Waals surface area contributed by atoms with Gasteiger partial charge in [-0.2, -0.15) is 13.5 Å². The van der Waals surface area contributed by atoms with Gasteiger partial charge in [0.05, 0.1) is 28.6 Å². The molecule has 0 saturated heterocycles. The summed E-state index contributed by atoms with van der Waals surface area (Å²) in [7, 11) is -2.77. The van der Waals surface area contributed by atoms with E-state index in [-0.39, 0.29) is 16.8 Å². The zero-order valence-corrected chi connectivity index (χ0v) is 24.9. The second-order valence-corrected chi connectivity index (χ2v) is 12.3. The summed E-state index contributed by atoms with van der Waals surface area (Å²) in [6.07, 6.45) is 2.76. The van der Waals surface area contributed by atoms with Crippen LogP contribution in [0.5, 0.6) is 0 Å². The second kappa shape index (κ2) is 10.4. The standard InChI is InChI=1S/C32H30F2N4O4S/c1-5-25-18(2)6-9-28(43(40,41)42)31(25)38-12-10-20-14-21(7-8-27(20)38)32(39)37-13-11-26-29(19(37)3)35-36(4)30(26)22-15-23(33)17-24(34)16-22/h6-10,12,14-17,19H,5,11,13H2,1-4H3,(H,40,41,42). The van der Waals surface area contributed by atoms with Gasteiger partial charge in [0.25, 0.3) is 16.0 Å². The van der Waals surface area contributed by atoms with Crippen molar-refractivity contribution in [1.29, 1.82) is 0 Å². The van der Waals surface area contributed by atoms with Crippen LogP contribution in [0.25, 0.3) is 27.8 Å². The number of hydrogen-bond donors (Lipinski definition) is 1. The van der Waals surface area contributed by atoms with Crippen molar-refractivity contribution in [3.63, 3.8) is 0 Å². The van der Waals surface area contributed by atoms with E-state index in [9.17, 15) is 26.5 Å². The van der Waals surface area contributed by atoms with Crippen LogP contribution < -0.4 is 0 Å². The summed E-state index contributed by atoms with van der Waals surface area (Å²) in [5.41, 5.74) is 5.79. The molecule has 3 heterocycles. The molecule has 0 fully saturated rings. The summed E-state index contributed by atoms with van der Waals surface area (Å²) in [6.45, 7) is 6.09. The fourth-order valence-corrected chi connectivity index (χ4v) is 7.05. The van der Waals surface area contributed by atoms with E-state index >= 15 is 0 Å². The van der Waals surface area contributed by atoms with Crippen LogP contribution in [0.1, 0.15) is 52.6 Å². The van der Waals surface area contributed by atoms with Crippen LogP contribution >= 0.6 is 0 Å². The van der Waals surface area contributed by atoms with Gasteiger partial charge in [-0.1, -0.05) is 13.0 Å². The van der Waals surface area contributed by atoms with Gasteiger partial charge in [-0.15, -0.1) is 0 Å². The first-order valence-electron chi connectivity index (χ1n) is 13.9. The van der Waals surface area contributed by atoms with Crippen LogP contribution in [-0.4, -0.2) is 44.7 Å². The molecule has 1 N–H and O–H groups in total. The summed E-state index contributed by atoms with van der Waals surface area (Å²) >= 11 is 0. The second-order valence-electron chi connectivity index (χ2n) is 10.9. The normalized spacial score (nSPS) is 15.2. The molecule has 1 unspecified atom stereocenters. The molecule has 0 bridgehead atoms. The summed E-state index contributed by atoms with van der Waals surface area (Å²) in [5, 5.41) is 5.37. The van der Waals surface area contributed by atoms with Gasteiger partial charge in [0.15, 0.2) is 0 Å². The number of carbonyl (C=O) groups excluding carboxylic acids is 1. The van der Waals surface area contributed by atoms with E-state index in [1.54, 1.807) is 51.7 Å². The molecule has 0 saturated carbocycles. The lowest BCUT2D eigenvalue weighted by molar-refractivity contribution is 0.0674. The van der Waals surface area contributed by atoms with Gasteiger partial charge < -0.3 is 9.47 Å². The lowest BCUT2D eigenvalue weighted by atomic mass is 9.95. The maximum absolute atomic E-state index is 14.0. The summed E-state index contributed by atoms with van der Waals surface area (Å²) in [4.78, 5) is 15.3. The number of amides is 1. The average Bonchev–Trinajstić information content (AvgIpc) is 3.51. The van der Waals surface area contributed by atoms with E-state index in [2.05, 4.69) is 5.10 Å². The Morgan fingerprint density at radius 3 is 2.47 bits per heavy atom. The van der Waals surface area contributed by atoms with E-state index in [0.29, 0.717) is 53.1 Å². The fraction of sp³-hybridized carbons (Fsp3) is 0.250. The minimum atomic E-state index is -4.49. The van der Waals surface area contributed by atoms with E-state index in [4.69, 9.17) is 0 Å². The number of carbonyl (C=O) groups is 1. The Kier molecular flexibility index (Phi) is 6.97. The number of hydrogen-bond acceptors (Lipinski definition) is 4. The van der Waals surface area contributed by atoms with Crippen molar-refractivity contribution < 1.29 is 26.5 Å². The number of fused-ring (bicyclic) bond motifs is 2. The highest BCUT2D eigenvalue weighted by molar-refractivity contribution is 7.86. The summed E-state index contributed by atoms with van der Waals surface area (Å²) < 4.78 is 65.9. The topological polar surface area (TPSA) is 97.4 Å². The van der Waals surface area contributed by atoms with Crippen molar-refractivity contribution >= 4 is 26.9 Å². The van der Waals surface area contributed by atoms with Crippen LogP contribution in [0, 0.1) is 18.6 Å². The number of nitrogens with zero attached hydrogens (tertiary/aromatic N) is 4. The molecule has 1 amide bonds. The highest BCUT2D eigenvalue weighted by Crippen LogP contribution is 2.37. The Hall–Kier alpha value is -4.35. The molecule has 43 heavy (non-hydrogen) atoms. The van der Waals surface area contributed by atoms with Crippen LogP contribution in [0.2, 0.25) is 0 Å². The Balaban J connectivity index is 1.35.